The van der Waals surface area contributed by atoms with Gasteiger partial charge in [0.1, 0.15) is 11.4 Å². The minimum absolute atomic E-state index is 0.0696. The van der Waals surface area contributed by atoms with E-state index in [9.17, 15) is 22.4 Å². The van der Waals surface area contributed by atoms with Gasteiger partial charge in [0, 0.05) is 5.56 Å². The van der Waals surface area contributed by atoms with E-state index in [0.717, 1.165) is 6.92 Å². The van der Waals surface area contributed by atoms with Crippen LogP contribution in [0.1, 0.15) is 39.5 Å². The van der Waals surface area contributed by atoms with Crippen molar-refractivity contribution in [2.45, 2.75) is 33.9 Å². The molecular weight excluding hydrogens is 236 g/mol. The standard InChI is InChI=1S/C12H12F4O/c1-5-6(2)9(8(4)17)10(12(14,15)16)11(13)7(5)3/h1-4H3. The third-order valence-electron chi connectivity index (χ3n) is 2.93. The Morgan fingerprint density at radius 2 is 1.47 bits per heavy atom. The van der Waals surface area contributed by atoms with Crippen molar-refractivity contribution in [2.24, 2.45) is 0 Å². The Morgan fingerprint density at radius 1 is 1.00 bits per heavy atom. The smallest absolute Gasteiger partial charge is 0.294 e. The van der Waals surface area contributed by atoms with Crippen LogP contribution >= 0.6 is 0 Å². The van der Waals surface area contributed by atoms with Gasteiger partial charge in [0.25, 0.3) is 0 Å². The molecule has 0 aliphatic rings. The second-order valence-electron chi connectivity index (χ2n) is 3.99. The predicted molar refractivity (Wildman–Crippen MR) is 55.6 cm³/mol. The summed E-state index contributed by atoms with van der Waals surface area (Å²) in [5.74, 6) is -2.14. The van der Waals surface area contributed by atoms with Gasteiger partial charge in [0.2, 0.25) is 0 Å². The van der Waals surface area contributed by atoms with Crippen molar-refractivity contribution in [1.29, 1.82) is 0 Å². The lowest BCUT2D eigenvalue weighted by Gasteiger charge is -2.18. The summed E-state index contributed by atoms with van der Waals surface area (Å²) in [6.45, 7) is 5.18. The van der Waals surface area contributed by atoms with Gasteiger partial charge in [-0.3, -0.25) is 4.79 Å². The fraction of sp³-hybridized carbons (Fsp3) is 0.417. The summed E-state index contributed by atoms with van der Waals surface area (Å²) in [5.41, 5.74) is -1.53. The highest BCUT2D eigenvalue weighted by Crippen LogP contribution is 2.38. The van der Waals surface area contributed by atoms with Crippen molar-refractivity contribution in [1.82, 2.24) is 0 Å². The third-order valence-corrected chi connectivity index (χ3v) is 2.93. The molecule has 0 saturated heterocycles. The van der Waals surface area contributed by atoms with Gasteiger partial charge in [-0.15, -0.1) is 0 Å². The SMILES string of the molecule is CC(=O)c1c(C)c(C)c(C)c(F)c1C(F)(F)F. The molecule has 5 heteroatoms. The van der Waals surface area contributed by atoms with Gasteiger partial charge in [0.05, 0.1) is 0 Å². The molecule has 0 amide bonds. The van der Waals surface area contributed by atoms with E-state index in [1.807, 2.05) is 0 Å². The number of hydrogen-bond acceptors (Lipinski definition) is 1. The number of alkyl halides is 3. The lowest BCUT2D eigenvalue weighted by atomic mass is 9.90. The number of carbonyl (C=O) groups excluding carboxylic acids is 1. The van der Waals surface area contributed by atoms with Crippen molar-refractivity contribution in [2.75, 3.05) is 0 Å². The Labute approximate surface area is 96.4 Å². The minimum Gasteiger partial charge on any atom is -0.294 e. The molecule has 0 saturated carbocycles. The Hall–Kier alpha value is -1.39. The number of ketones is 1. The summed E-state index contributed by atoms with van der Waals surface area (Å²) in [7, 11) is 0. The van der Waals surface area contributed by atoms with E-state index >= 15 is 0 Å². The second-order valence-corrected chi connectivity index (χ2v) is 3.99. The predicted octanol–water partition coefficient (Wildman–Crippen LogP) is 3.97. The molecular formula is C12H12F4O. The Kier molecular flexibility index (Phi) is 3.32. The lowest BCUT2D eigenvalue weighted by molar-refractivity contribution is -0.140. The van der Waals surface area contributed by atoms with E-state index in [1.165, 1.54) is 20.8 Å². The first-order valence-corrected chi connectivity index (χ1v) is 4.96. The van der Waals surface area contributed by atoms with E-state index in [-0.39, 0.29) is 11.1 Å². The first kappa shape index (κ1) is 13.7. The van der Waals surface area contributed by atoms with Crippen molar-refractivity contribution < 1.29 is 22.4 Å². The number of Topliss-reactive ketones (excluding diaryl/α,β-unsaturated/α-hetero) is 1. The highest BCUT2D eigenvalue weighted by atomic mass is 19.4. The van der Waals surface area contributed by atoms with Crippen LogP contribution in [0.3, 0.4) is 0 Å². The van der Waals surface area contributed by atoms with Crippen LogP contribution in [0.5, 0.6) is 0 Å². The molecule has 0 aliphatic heterocycles. The van der Waals surface area contributed by atoms with Gasteiger partial charge in [-0.05, 0) is 44.4 Å². The van der Waals surface area contributed by atoms with Crippen LogP contribution < -0.4 is 0 Å². The van der Waals surface area contributed by atoms with Gasteiger partial charge in [-0.2, -0.15) is 13.2 Å². The summed E-state index contributed by atoms with van der Waals surface area (Å²) in [4.78, 5) is 11.3. The van der Waals surface area contributed by atoms with Crippen LogP contribution in [-0.2, 0) is 6.18 Å². The number of hydrogen-bond donors (Lipinski definition) is 0. The second kappa shape index (κ2) is 4.13. The molecule has 1 nitrogen and oxygen atoms in total. The molecule has 0 aliphatic carbocycles. The molecule has 0 fully saturated rings. The Bertz CT molecular complexity index is 487. The topological polar surface area (TPSA) is 17.1 Å². The van der Waals surface area contributed by atoms with Gasteiger partial charge < -0.3 is 0 Å². The lowest BCUT2D eigenvalue weighted by Crippen LogP contribution is -2.18. The molecule has 1 aromatic carbocycles. The van der Waals surface area contributed by atoms with E-state index < -0.39 is 28.9 Å². The fourth-order valence-electron chi connectivity index (χ4n) is 1.82. The van der Waals surface area contributed by atoms with Crippen LogP contribution in [0.4, 0.5) is 17.6 Å². The number of benzene rings is 1. The molecule has 0 N–H and O–H groups in total. The average Bonchev–Trinajstić information content (AvgIpc) is 2.17. The van der Waals surface area contributed by atoms with Crippen LogP contribution in [0.25, 0.3) is 0 Å². The Balaban J connectivity index is 3.86. The maximum absolute atomic E-state index is 13.7. The first-order chi connectivity index (χ1) is 7.59. The third kappa shape index (κ3) is 2.18. The van der Waals surface area contributed by atoms with Crippen LogP contribution in [0.2, 0.25) is 0 Å². The van der Waals surface area contributed by atoms with E-state index in [4.69, 9.17) is 0 Å². The van der Waals surface area contributed by atoms with Crippen LogP contribution in [0.15, 0.2) is 0 Å². The molecule has 17 heavy (non-hydrogen) atoms. The monoisotopic (exact) mass is 248 g/mol. The summed E-state index contributed by atoms with van der Waals surface area (Å²) in [6, 6.07) is 0. The van der Waals surface area contributed by atoms with E-state index in [0.29, 0.717) is 5.56 Å². The van der Waals surface area contributed by atoms with Crippen molar-refractivity contribution in [3.8, 4) is 0 Å². The molecule has 0 spiro atoms. The Morgan fingerprint density at radius 3 is 1.82 bits per heavy atom. The quantitative estimate of drug-likeness (QED) is 0.543. The molecule has 1 rings (SSSR count). The zero-order chi connectivity index (χ0) is 13.5. The van der Waals surface area contributed by atoms with Crippen LogP contribution in [-0.4, -0.2) is 5.78 Å². The number of carbonyl (C=O) groups is 1. The molecule has 0 radical (unpaired) electrons. The summed E-state index contributed by atoms with van der Waals surface area (Å²) in [6.07, 6.45) is -4.87. The highest BCUT2D eigenvalue weighted by Gasteiger charge is 2.40. The first-order valence-electron chi connectivity index (χ1n) is 4.96. The zero-order valence-corrected chi connectivity index (χ0v) is 9.92. The largest absolute Gasteiger partial charge is 0.419 e. The minimum atomic E-state index is -4.87. The molecule has 94 valence electrons. The maximum Gasteiger partial charge on any atom is 0.419 e. The summed E-state index contributed by atoms with van der Waals surface area (Å²) >= 11 is 0. The van der Waals surface area contributed by atoms with Crippen LogP contribution in [0, 0.1) is 26.6 Å². The van der Waals surface area contributed by atoms with Crippen molar-refractivity contribution in [3.63, 3.8) is 0 Å². The normalized spacial score (nSPS) is 11.8. The summed E-state index contributed by atoms with van der Waals surface area (Å²) in [5, 5.41) is 0. The van der Waals surface area contributed by atoms with E-state index in [1.54, 1.807) is 0 Å². The number of halogens is 4. The molecule has 0 heterocycles. The number of rotatable bonds is 1. The molecule has 0 aromatic heterocycles. The zero-order valence-electron chi connectivity index (χ0n) is 9.92. The molecule has 0 unspecified atom stereocenters. The fourth-order valence-corrected chi connectivity index (χ4v) is 1.82. The molecule has 0 bridgehead atoms. The summed E-state index contributed by atoms with van der Waals surface area (Å²) < 4.78 is 52.0. The molecule has 0 atom stereocenters. The average molecular weight is 248 g/mol. The van der Waals surface area contributed by atoms with Gasteiger partial charge in [-0.1, -0.05) is 0 Å². The van der Waals surface area contributed by atoms with Gasteiger partial charge >= 0.3 is 6.18 Å². The maximum atomic E-state index is 13.7. The van der Waals surface area contributed by atoms with E-state index in [2.05, 4.69) is 0 Å². The highest BCUT2D eigenvalue weighted by molar-refractivity contribution is 5.97. The van der Waals surface area contributed by atoms with Gasteiger partial charge in [-0.25, -0.2) is 4.39 Å². The van der Waals surface area contributed by atoms with Gasteiger partial charge in [0.15, 0.2) is 5.78 Å². The van der Waals surface area contributed by atoms with Crippen molar-refractivity contribution in [3.05, 3.63) is 33.6 Å². The van der Waals surface area contributed by atoms with Crippen molar-refractivity contribution >= 4 is 5.78 Å². The molecule has 1 aromatic rings.